The van der Waals surface area contributed by atoms with E-state index in [9.17, 15) is 0 Å². The Balaban J connectivity index is 1.37. The molecule has 0 bridgehead atoms. The van der Waals surface area contributed by atoms with Crippen LogP contribution < -0.4 is 9.47 Å². The summed E-state index contributed by atoms with van der Waals surface area (Å²) in [7, 11) is 4.07. The third-order valence-corrected chi connectivity index (χ3v) is 5.49. The lowest BCUT2D eigenvalue weighted by Crippen LogP contribution is -2.17. The van der Waals surface area contributed by atoms with Gasteiger partial charge in [-0.15, -0.1) is 0 Å². The van der Waals surface area contributed by atoms with E-state index in [-0.39, 0.29) is 0 Å². The molecule has 0 radical (unpaired) electrons. The fourth-order valence-corrected chi connectivity index (χ4v) is 4.19. The van der Waals surface area contributed by atoms with Gasteiger partial charge < -0.3 is 9.47 Å². The molecule has 0 aliphatic carbocycles. The number of aryl methyl sites for hydroxylation is 1. The van der Waals surface area contributed by atoms with Crippen molar-refractivity contribution in [2.45, 2.75) is 13.1 Å². The molecule has 3 heterocycles. The molecule has 0 spiro atoms. The van der Waals surface area contributed by atoms with E-state index in [2.05, 4.69) is 39.0 Å². The third kappa shape index (κ3) is 3.68. The van der Waals surface area contributed by atoms with Crippen LogP contribution in [-0.4, -0.2) is 43.7 Å². The molecule has 0 atom stereocenters. The molecule has 0 N–H and O–H groups in total. The molecule has 0 unspecified atom stereocenters. The highest BCUT2D eigenvalue weighted by molar-refractivity contribution is 7.00. The number of fused-ring (bicyclic) bond motifs is 2. The van der Waals surface area contributed by atoms with Crippen molar-refractivity contribution in [3.05, 3.63) is 53.7 Å². The number of aromatic nitrogens is 4. The summed E-state index contributed by atoms with van der Waals surface area (Å²) in [4.78, 5) is 2.28. The van der Waals surface area contributed by atoms with Gasteiger partial charge in [-0.05, 0) is 42.9 Å². The lowest BCUT2D eigenvalue weighted by Gasteiger charge is -2.19. The van der Waals surface area contributed by atoms with Crippen molar-refractivity contribution >= 4 is 22.8 Å². The molecule has 5 rings (SSSR count). The first-order valence-corrected chi connectivity index (χ1v) is 10.2. The second-order valence-electron chi connectivity index (χ2n) is 7.29. The summed E-state index contributed by atoms with van der Waals surface area (Å²) in [5.41, 5.74) is 6.30. The molecule has 1 aliphatic rings. The Labute approximate surface area is 172 Å². The summed E-state index contributed by atoms with van der Waals surface area (Å²) in [6.45, 7) is 2.77. The molecular weight excluding hydrogens is 386 g/mol. The Hall–Kier alpha value is -2.97. The zero-order chi connectivity index (χ0) is 19.8. The molecule has 2 aromatic carbocycles. The van der Waals surface area contributed by atoms with Gasteiger partial charge in [-0.2, -0.15) is 13.8 Å². The molecule has 148 valence electrons. The molecule has 1 aliphatic heterocycles. The van der Waals surface area contributed by atoms with Gasteiger partial charge in [0.2, 0.25) is 0 Å². The zero-order valence-corrected chi connectivity index (χ0v) is 17.1. The zero-order valence-electron chi connectivity index (χ0n) is 16.3. The van der Waals surface area contributed by atoms with Crippen LogP contribution in [0.4, 0.5) is 0 Å². The maximum Gasteiger partial charge on any atom is 0.162 e. The summed E-state index contributed by atoms with van der Waals surface area (Å²) in [5, 5.41) is 4.70. The number of ether oxygens (including phenoxy) is 2. The second-order valence-corrected chi connectivity index (χ2v) is 7.82. The van der Waals surface area contributed by atoms with Gasteiger partial charge in [0.05, 0.1) is 17.4 Å². The highest BCUT2D eigenvalue weighted by atomic mass is 32.1. The fourth-order valence-electron chi connectivity index (χ4n) is 3.67. The van der Waals surface area contributed by atoms with Gasteiger partial charge in [0.15, 0.2) is 11.5 Å². The van der Waals surface area contributed by atoms with Gasteiger partial charge >= 0.3 is 0 Å². The van der Waals surface area contributed by atoms with Gasteiger partial charge in [0.25, 0.3) is 0 Å². The first-order valence-electron chi connectivity index (χ1n) is 9.48. The summed E-state index contributed by atoms with van der Waals surface area (Å²) in [6, 6.07) is 12.3. The van der Waals surface area contributed by atoms with Crippen LogP contribution in [0.25, 0.3) is 22.3 Å². The first kappa shape index (κ1) is 18.1. The van der Waals surface area contributed by atoms with E-state index < -0.39 is 0 Å². The van der Waals surface area contributed by atoms with Crippen molar-refractivity contribution in [1.82, 2.24) is 23.4 Å². The molecule has 2 aromatic heterocycles. The second kappa shape index (κ2) is 7.46. The SMILES string of the molecule is CN(Cc1ccc2nsnc2c1)Cc1cn(C)nc1-c1ccc2c(c1)OCCO2. The fraction of sp³-hybridized carbons (Fsp3) is 0.286. The monoisotopic (exact) mass is 407 g/mol. The number of rotatable bonds is 5. The molecule has 8 heteroatoms. The smallest absolute Gasteiger partial charge is 0.162 e. The number of benzene rings is 2. The van der Waals surface area contributed by atoms with Gasteiger partial charge in [0.1, 0.15) is 24.2 Å². The van der Waals surface area contributed by atoms with E-state index in [4.69, 9.17) is 14.6 Å². The van der Waals surface area contributed by atoms with E-state index in [1.807, 2.05) is 36.0 Å². The Morgan fingerprint density at radius 2 is 1.83 bits per heavy atom. The number of hydrogen-bond acceptors (Lipinski definition) is 7. The summed E-state index contributed by atoms with van der Waals surface area (Å²) < 4.78 is 21.9. The molecule has 0 fully saturated rings. The normalized spacial score (nSPS) is 13.3. The van der Waals surface area contributed by atoms with Gasteiger partial charge in [-0.3, -0.25) is 9.58 Å². The van der Waals surface area contributed by atoms with E-state index >= 15 is 0 Å². The van der Waals surface area contributed by atoms with Crippen LogP contribution in [-0.2, 0) is 20.1 Å². The lowest BCUT2D eigenvalue weighted by molar-refractivity contribution is 0.171. The Bertz CT molecular complexity index is 1170. The minimum atomic E-state index is 0.577. The van der Waals surface area contributed by atoms with Crippen LogP contribution in [0, 0.1) is 0 Å². The van der Waals surface area contributed by atoms with Gasteiger partial charge in [-0.25, -0.2) is 0 Å². The van der Waals surface area contributed by atoms with Crippen LogP contribution in [0.1, 0.15) is 11.1 Å². The Morgan fingerprint density at radius 1 is 1.00 bits per heavy atom. The number of nitrogens with zero attached hydrogens (tertiary/aromatic N) is 5. The molecular formula is C21H21N5O2S. The quantitative estimate of drug-likeness (QED) is 0.505. The van der Waals surface area contributed by atoms with Crippen molar-refractivity contribution < 1.29 is 9.47 Å². The van der Waals surface area contributed by atoms with Crippen LogP contribution in [0.15, 0.2) is 42.6 Å². The van der Waals surface area contributed by atoms with Crippen LogP contribution in [0.2, 0.25) is 0 Å². The predicted molar refractivity (Wildman–Crippen MR) is 112 cm³/mol. The summed E-state index contributed by atoms with van der Waals surface area (Å²) in [6.07, 6.45) is 2.08. The van der Waals surface area contributed by atoms with Crippen molar-refractivity contribution in [2.24, 2.45) is 7.05 Å². The van der Waals surface area contributed by atoms with Crippen LogP contribution >= 0.6 is 11.7 Å². The Kier molecular flexibility index (Phi) is 4.65. The molecule has 29 heavy (non-hydrogen) atoms. The summed E-state index contributed by atoms with van der Waals surface area (Å²) in [5.74, 6) is 1.57. The van der Waals surface area contributed by atoms with Crippen molar-refractivity contribution in [2.75, 3.05) is 20.3 Å². The standard InChI is InChI=1S/C21H21N5O2S/c1-25(11-14-3-5-17-18(9-14)24-29-23-17)12-16-13-26(2)22-21(16)15-4-6-19-20(10-15)28-8-7-27-19/h3-6,9-10,13H,7-8,11-12H2,1-2H3. The average Bonchev–Trinajstić information content (AvgIpc) is 3.33. The molecule has 4 aromatic rings. The van der Waals surface area contributed by atoms with E-state index in [1.54, 1.807) is 0 Å². The minimum Gasteiger partial charge on any atom is -0.486 e. The van der Waals surface area contributed by atoms with E-state index in [0.29, 0.717) is 13.2 Å². The topological polar surface area (TPSA) is 65.3 Å². The van der Waals surface area contributed by atoms with Gasteiger partial charge in [-0.1, -0.05) is 6.07 Å². The Morgan fingerprint density at radius 3 is 2.72 bits per heavy atom. The van der Waals surface area contributed by atoms with E-state index in [1.165, 1.54) is 22.9 Å². The highest BCUT2D eigenvalue weighted by Gasteiger charge is 2.17. The molecule has 7 nitrogen and oxygen atoms in total. The molecule has 0 amide bonds. The minimum absolute atomic E-state index is 0.577. The maximum atomic E-state index is 5.74. The lowest BCUT2D eigenvalue weighted by atomic mass is 10.1. The predicted octanol–water partition coefficient (Wildman–Crippen LogP) is 3.50. The largest absolute Gasteiger partial charge is 0.486 e. The van der Waals surface area contributed by atoms with E-state index in [0.717, 1.165) is 46.9 Å². The van der Waals surface area contributed by atoms with Gasteiger partial charge in [0, 0.05) is 37.5 Å². The van der Waals surface area contributed by atoms with Crippen molar-refractivity contribution in [1.29, 1.82) is 0 Å². The molecule has 0 saturated carbocycles. The van der Waals surface area contributed by atoms with Crippen molar-refractivity contribution in [3.8, 4) is 22.8 Å². The maximum absolute atomic E-state index is 5.74. The average molecular weight is 407 g/mol. The van der Waals surface area contributed by atoms with Crippen molar-refractivity contribution in [3.63, 3.8) is 0 Å². The first-order chi connectivity index (χ1) is 14.2. The van der Waals surface area contributed by atoms with Crippen LogP contribution in [0.3, 0.4) is 0 Å². The summed E-state index contributed by atoms with van der Waals surface area (Å²) >= 11 is 1.25. The third-order valence-electron chi connectivity index (χ3n) is 4.93. The molecule has 0 saturated heterocycles. The highest BCUT2D eigenvalue weighted by Crippen LogP contribution is 2.35. The van der Waals surface area contributed by atoms with Crippen LogP contribution in [0.5, 0.6) is 11.5 Å². The number of hydrogen-bond donors (Lipinski definition) is 0.